The fourth-order valence-electron chi connectivity index (χ4n) is 1.79. The van der Waals surface area contributed by atoms with Gasteiger partial charge in [-0.25, -0.2) is 9.78 Å². The summed E-state index contributed by atoms with van der Waals surface area (Å²) >= 11 is 0. The molecule has 0 bridgehead atoms. The number of carboxylic acids is 1. The lowest BCUT2D eigenvalue weighted by molar-refractivity contribution is 0.0697. The van der Waals surface area contributed by atoms with Gasteiger partial charge in [-0.3, -0.25) is 0 Å². The van der Waals surface area contributed by atoms with Crippen LogP contribution in [0.25, 0.3) is 0 Å². The molecule has 0 radical (unpaired) electrons. The Balaban J connectivity index is 2.29. The van der Waals surface area contributed by atoms with Gasteiger partial charge in [0.2, 0.25) is 0 Å². The summed E-state index contributed by atoms with van der Waals surface area (Å²) in [5.74, 6) is -0.334. The number of nitrogens with zero attached hydrogens (tertiary/aromatic N) is 2. The van der Waals surface area contributed by atoms with Crippen molar-refractivity contribution in [2.45, 2.75) is 25.3 Å². The van der Waals surface area contributed by atoms with E-state index in [0.717, 1.165) is 12.8 Å². The van der Waals surface area contributed by atoms with E-state index in [1.165, 1.54) is 6.42 Å². The quantitative estimate of drug-likeness (QED) is 0.818. The van der Waals surface area contributed by atoms with Crippen molar-refractivity contribution in [3.63, 3.8) is 0 Å². The molecule has 0 aromatic carbocycles. The van der Waals surface area contributed by atoms with Crippen LogP contribution in [-0.4, -0.2) is 29.1 Å². The summed E-state index contributed by atoms with van der Waals surface area (Å²) in [7, 11) is 1.92. The van der Waals surface area contributed by atoms with Gasteiger partial charge in [-0.1, -0.05) is 0 Å². The summed E-state index contributed by atoms with van der Waals surface area (Å²) in [6.45, 7) is 0. The molecular weight excluding hydrogens is 192 g/mol. The highest BCUT2D eigenvalue weighted by Gasteiger charge is 2.25. The van der Waals surface area contributed by atoms with E-state index in [4.69, 9.17) is 5.11 Å². The molecule has 2 rings (SSSR count). The van der Waals surface area contributed by atoms with Crippen LogP contribution in [0.2, 0.25) is 0 Å². The Morgan fingerprint density at radius 1 is 1.60 bits per heavy atom. The summed E-state index contributed by atoms with van der Waals surface area (Å²) in [6, 6.07) is 3.71. The number of aromatic carboxylic acids is 1. The Morgan fingerprint density at radius 3 is 2.87 bits per heavy atom. The average molecular weight is 206 g/mol. The first kappa shape index (κ1) is 9.96. The largest absolute Gasteiger partial charge is 0.478 e. The van der Waals surface area contributed by atoms with Crippen molar-refractivity contribution in [3.05, 3.63) is 23.9 Å². The van der Waals surface area contributed by atoms with E-state index in [0.29, 0.717) is 11.9 Å². The second-order valence-corrected chi connectivity index (χ2v) is 3.88. The van der Waals surface area contributed by atoms with Crippen LogP contribution in [0.3, 0.4) is 0 Å². The van der Waals surface area contributed by atoms with Gasteiger partial charge in [-0.05, 0) is 31.4 Å². The number of pyridine rings is 1. The van der Waals surface area contributed by atoms with E-state index >= 15 is 0 Å². The zero-order valence-electron chi connectivity index (χ0n) is 8.68. The van der Waals surface area contributed by atoms with Gasteiger partial charge in [0.15, 0.2) is 0 Å². The van der Waals surface area contributed by atoms with E-state index < -0.39 is 5.97 Å². The smallest absolute Gasteiger partial charge is 0.339 e. The van der Waals surface area contributed by atoms with E-state index in [1.807, 2.05) is 11.9 Å². The predicted molar refractivity (Wildman–Crippen MR) is 57.2 cm³/mol. The van der Waals surface area contributed by atoms with Gasteiger partial charge in [0.25, 0.3) is 0 Å². The Hall–Kier alpha value is -1.58. The van der Waals surface area contributed by atoms with E-state index in [2.05, 4.69) is 4.98 Å². The number of hydrogen-bond donors (Lipinski definition) is 1. The van der Waals surface area contributed by atoms with E-state index in [9.17, 15) is 4.79 Å². The maximum absolute atomic E-state index is 11.0. The minimum absolute atomic E-state index is 0.284. The van der Waals surface area contributed by atoms with Gasteiger partial charge in [0.1, 0.15) is 11.4 Å². The van der Waals surface area contributed by atoms with Crippen molar-refractivity contribution >= 4 is 11.8 Å². The first-order valence-electron chi connectivity index (χ1n) is 5.11. The van der Waals surface area contributed by atoms with Crippen molar-refractivity contribution < 1.29 is 9.90 Å². The molecule has 1 saturated carbocycles. The Labute approximate surface area is 88.6 Å². The van der Waals surface area contributed by atoms with Crippen LogP contribution in [0.1, 0.15) is 29.6 Å². The summed E-state index contributed by atoms with van der Waals surface area (Å²) in [6.07, 6.45) is 5.12. The van der Waals surface area contributed by atoms with Crippen LogP contribution in [-0.2, 0) is 0 Å². The lowest BCUT2D eigenvalue weighted by atomic mass is 9.91. The van der Waals surface area contributed by atoms with Crippen LogP contribution in [0.15, 0.2) is 18.3 Å². The second kappa shape index (κ2) is 3.88. The maximum Gasteiger partial charge on any atom is 0.339 e. The molecule has 1 aromatic heterocycles. The van der Waals surface area contributed by atoms with E-state index in [-0.39, 0.29) is 5.56 Å². The average Bonchev–Trinajstić information content (AvgIpc) is 2.15. The monoisotopic (exact) mass is 206 g/mol. The Morgan fingerprint density at radius 2 is 2.33 bits per heavy atom. The lowest BCUT2D eigenvalue weighted by Crippen LogP contribution is -2.38. The molecule has 1 N–H and O–H groups in total. The molecule has 0 unspecified atom stereocenters. The topological polar surface area (TPSA) is 53.4 Å². The molecule has 0 amide bonds. The fourth-order valence-corrected chi connectivity index (χ4v) is 1.79. The van der Waals surface area contributed by atoms with Gasteiger partial charge in [-0.2, -0.15) is 0 Å². The maximum atomic E-state index is 11.0. The highest BCUT2D eigenvalue weighted by Crippen LogP contribution is 2.28. The van der Waals surface area contributed by atoms with Crippen LogP contribution in [0.4, 0.5) is 5.82 Å². The minimum Gasteiger partial charge on any atom is -0.478 e. The van der Waals surface area contributed by atoms with Gasteiger partial charge >= 0.3 is 5.97 Å². The van der Waals surface area contributed by atoms with Gasteiger partial charge in [0, 0.05) is 19.3 Å². The number of rotatable bonds is 3. The molecule has 1 aliphatic carbocycles. The highest BCUT2D eigenvalue weighted by molar-refractivity contribution is 5.93. The van der Waals surface area contributed by atoms with Crippen LogP contribution in [0.5, 0.6) is 0 Å². The highest BCUT2D eigenvalue weighted by atomic mass is 16.4. The third-order valence-corrected chi connectivity index (χ3v) is 2.97. The molecule has 1 aromatic rings. The number of carboxylic acid groups (broad SMARTS) is 1. The molecular formula is C11H14N2O2. The standard InChI is InChI=1S/C11H14N2O2/c1-13(8-4-2-5-8)10-9(11(14)15)6-3-7-12-10/h3,6-8H,2,4-5H2,1H3,(H,14,15). The van der Waals surface area contributed by atoms with Gasteiger partial charge in [0.05, 0.1) is 0 Å². The number of carbonyl (C=O) groups is 1. The minimum atomic E-state index is -0.913. The third-order valence-electron chi connectivity index (χ3n) is 2.97. The van der Waals surface area contributed by atoms with Gasteiger partial charge in [-0.15, -0.1) is 0 Å². The summed E-state index contributed by atoms with van der Waals surface area (Å²) < 4.78 is 0. The van der Waals surface area contributed by atoms with Gasteiger partial charge < -0.3 is 10.0 Å². The Bertz CT molecular complexity index is 375. The molecule has 0 aliphatic heterocycles. The normalized spacial score (nSPS) is 15.8. The zero-order chi connectivity index (χ0) is 10.8. The molecule has 80 valence electrons. The van der Waals surface area contributed by atoms with Crippen LogP contribution < -0.4 is 4.90 Å². The molecule has 4 nitrogen and oxygen atoms in total. The van der Waals surface area contributed by atoms with Crippen molar-refractivity contribution in [1.82, 2.24) is 4.98 Å². The number of anilines is 1. The molecule has 1 heterocycles. The lowest BCUT2D eigenvalue weighted by Gasteiger charge is -2.36. The summed E-state index contributed by atoms with van der Waals surface area (Å²) in [5.41, 5.74) is 0.284. The third kappa shape index (κ3) is 1.79. The fraction of sp³-hybridized carbons (Fsp3) is 0.455. The molecule has 1 aliphatic rings. The molecule has 0 spiro atoms. The second-order valence-electron chi connectivity index (χ2n) is 3.88. The van der Waals surface area contributed by atoms with Crippen molar-refractivity contribution in [2.75, 3.05) is 11.9 Å². The molecule has 0 atom stereocenters. The molecule has 1 fully saturated rings. The molecule has 0 saturated heterocycles. The molecule has 15 heavy (non-hydrogen) atoms. The summed E-state index contributed by atoms with van der Waals surface area (Å²) in [5, 5.41) is 9.02. The first-order chi connectivity index (χ1) is 7.20. The van der Waals surface area contributed by atoms with Crippen LogP contribution >= 0.6 is 0 Å². The number of hydrogen-bond acceptors (Lipinski definition) is 3. The predicted octanol–water partition coefficient (Wildman–Crippen LogP) is 1.77. The van der Waals surface area contributed by atoms with Crippen LogP contribution in [0, 0.1) is 0 Å². The van der Waals surface area contributed by atoms with Crippen molar-refractivity contribution in [2.24, 2.45) is 0 Å². The Kier molecular flexibility index (Phi) is 2.58. The first-order valence-corrected chi connectivity index (χ1v) is 5.11. The van der Waals surface area contributed by atoms with E-state index in [1.54, 1.807) is 18.3 Å². The number of aromatic nitrogens is 1. The summed E-state index contributed by atoms with van der Waals surface area (Å²) in [4.78, 5) is 17.1. The zero-order valence-corrected chi connectivity index (χ0v) is 8.68. The SMILES string of the molecule is CN(c1ncccc1C(=O)O)C1CCC1. The van der Waals surface area contributed by atoms with Crippen molar-refractivity contribution in [3.8, 4) is 0 Å². The van der Waals surface area contributed by atoms with Crippen molar-refractivity contribution in [1.29, 1.82) is 0 Å². The molecule has 4 heteroatoms.